The Labute approximate surface area is 147 Å². The molecule has 2 heterocycles. The summed E-state index contributed by atoms with van der Waals surface area (Å²) in [5.41, 5.74) is 0. The average molecular weight is 350 g/mol. The molecule has 0 N–H and O–H groups in total. The molecule has 2 aliphatic heterocycles. The highest BCUT2D eigenvalue weighted by Crippen LogP contribution is 2.21. The Morgan fingerprint density at radius 2 is 1.79 bits per heavy atom. The topological polar surface area (TPSA) is 43.9 Å². The predicted molar refractivity (Wildman–Crippen MR) is 96.5 cm³/mol. The molecule has 0 spiro atoms. The molecule has 1 aromatic carbocycles. The summed E-state index contributed by atoms with van der Waals surface area (Å²) in [5, 5.41) is 0. The summed E-state index contributed by atoms with van der Waals surface area (Å²) in [4.78, 5) is 19.6. The highest BCUT2D eigenvalue weighted by Gasteiger charge is 2.34. The Balaban J connectivity index is 1.43. The molecule has 2 aliphatic rings. The van der Waals surface area contributed by atoms with Gasteiger partial charge in [0.1, 0.15) is 0 Å². The van der Waals surface area contributed by atoms with Gasteiger partial charge in [-0.2, -0.15) is 0 Å². The van der Waals surface area contributed by atoms with Crippen LogP contribution >= 0.6 is 0 Å². The lowest BCUT2D eigenvalue weighted by Crippen LogP contribution is -2.47. The Morgan fingerprint density at radius 3 is 2.42 bits per heavy atom. The minimum absolute atomic E-state index is 0.209. The molecule has 0 saturated carbocycles. The Kier molecular flexibility index (Phi) is 5.89. The lowest BCUT2D eigenvalue weighted by Gasteiger charge is -2.36. The molecular formula is C18H27N3O2S. The van der Waals surface area contributed by atoms with Crippen molar-refractivity contribution in [2.75, 3.05) is 45.0 Å². The van der Waals surface area contributed by atoms with E-state index in [1.54, 1.807) is 0 Å². The molecule has 0 unspecified atom stereocenters. The summed E-state index contributed by atoms with van der Waals surface area (Å²) in [6.07, 6.45) is 2.06. The first-order chi connectivity index (χ1) is 11.7. The van der Waals surface area contributed by atoms with Gasteiger partial charge in [0.05, 0.1) is 10.8 Å². The van der Waals surface area contributed by atoms with Crippen LogP contribution in [0.15, 0.2) is 35.2 Å². The van der Waals surface area contributed by atoms with Gasteiger partial charge in [-0.05, 0) is 31.9 Å². The lowest BCUT2D eigenvalue weighted by atomic mass is 10.0. The van der Waals surface area contributed by atoms with Crippen molar-refractivity contribution in [2.24, 2.45) is 0 Å². The minimum Gasteiger partial charge on any atom is -0.323 e. The Morgan fingerprint density at radius 1 is 1.08 bits per heavy atom. The van der Waals surface area contributed by atoms with Gasteiger partial charge in [0.2, 0.25) is 0 Å². The summed E-state index contributed by atoms with van der Waals surface area (Å²) in [5.74, 6) is 0.681. The van der Waals surface area contributed by atoms with E-state index in [0.29, 0.717) is 11.8 Å². The average Bonchev–Trinajstić information content (AvgIpc) is 3.01. The van der Waals surface area contributed by atoms with Gasteiger partial charge in [-0.15, -0.1) is 0 Å². The maximum atomic E-state index is 12.3. The molecule has 2 saturated heterocycles. The summed E-state index contributed by atoms with van der Waals surface area (Å²) < 4.78 is 12.3. The van der Waals surface area contributed by atoms with Crippen LogP contribution in [0.1, 0.15) is 19.8 Å². The van der Waals surface area contributed by atoms with Crippen molar-refractivity contribution in [3.8, 4) is 0 Å². The van der Waals surface area contributed by atoms with Gasteiger partial charge >= 0.3 is 6.03 Å². The number of piperidine rings is 1. The fourth-order valence-corrected chi connectivity index (χ4v) is 4.71. The highest BCUT2D eigenvalue weighted by molar-refractivity contribution is 7.85. The van der Waals surface area contributed by atoms with E-state index in [2.05, 4.69) is 9.80 Å². The second kappa shape index (κ2) is 8.12. The van der Waals surface area contributed by atoms with Gasteiger partial charge in [-0.25, -0.2) is 4.79 Å². The van der Waals surface area contributed by atoms with E-state index in [4.69, 9.17) is 0 Å². The molecule has 2 amide bonds. The zero-order valence-electron chi connectivity index (χ0n) is 14.4. The van der Waals surface area contributed by atoms with Crippen LogP contribution in [0.3, 0.4) is 0 Å². The van der Waals surface area contributed by atoms with Crippen molar-refractivity contribution in [3.05, 3.63) is 30.3 Å². The van der Waals surface area contributed by atoms with E-state index in [9.17, 15) is 9.00 Å². The third-order valence-corrected chi connectivity index (χ3v) is 6.46. The fourth-order valence-electron chi connectivity index (χ4n) is 3.59. The molecule has 24 heavy (non-hydrogen) atoms. The van der Waals surface area contributed by atoms with E-state index in [-0.39, 0.29) is 6.03 Å². The minimum atomic E-state index is -0.920. The van der Waals surface area contributed by atoms with Crippen LogP contribution < -0.4 is 0 Å². The number of hydrogen-bond donors (Lipinski definition) is 0. The molecule has 0 bridgehead atoms. The van der Waals surface area contributed by atoms with Crippen molar-refractivity contribution in [2.45, 2.75) is 30.7 Å². The zero-order valence-corrected chi connectivity index (χ0v) is 15.2. The SMILES string of the molecule is CCN1CCN(C2CCN(CC[S@@](=O)c3ccccc3)CC2)C1=O. The molecule has 6 heteroatoms. The van der Waals surface area contributed by atoms with E-state index in [0.717, 1.165) is 57.0 Å². The number of likely N-dealkylation sites (N-methyl/N-ethyl adjacent to an activating group) is 1. The molecule has 3 rings (SSSR count). The van der Waals surface area contributed by atoms with E-state index in [1.807, 2.05) is 42.2 Å². The number of urea groups is 1. The smallest absolute Gasteiger partial charge is 0.320 e. The van der Waals surface area contributed by atoms with Crippen LogP contribution in [0.2, 0.25) is 0 Å². The number of rotatable bonds is 6. The summed E-state index contributed by atoms with van der Waals surface area (Å²) in [6.45, 7) is 7.43. The van der Waals surface area contributed by atoms with Crippen LogP contribution in [-0.4, -0.2) is 76.0 Å². The van der Waals surface area contributed by atoms with Gasteiger partial charge in [0, 0.05) is 56.0 Å². The fraction of sp³-hybridized carbons (Fsp3) is 0.611. The van der Waals surface area contributed by atoms with Crippen LogP contribution in [0.25, 0.3) is 0 Å². The molecule has 0 radical (unpaired) electrons. The molecule has 1 atom stereocenters. The van der Waals surface area contributed by atoms with Gasteiger partial charge in [0.25, 0.3) is 0 Å². The number of nitrogens with zero attached hydrogens (tertiary/aromatic N) is 3. The second-order valence-corrected chi connectivity index (χ2v) is 8.06. The van der Waals surface area contributed by atoms with Crippen LogP contribution in [0.5, 0.6) is 0 Å². The number of hydrogen-bond acceptors (Lipinski definition) is 3. The molecule has 1 aromatic rings. The number of amides is 2. The van der Waals surface area contributed by atoms with Crippen molar-refractivity contribution in [3.63, 3.8) is 0 Å². The number of carbonyl (C=O) groups is 1. The standard InChI is InChI=1S/C18H27N3O2S/c1-2-20-12-13-21(18(20)22)16-8-10-19(11-9-16)14-15-24(23)17-6-4-3-5-7-17/h3-7,16H,2,8-15H2,1H3/t24-/m1/s1. The summed E-state index contributed by atoms with van der Waals surface area (Å²) in [7, 11) is -0.920. The molecule has 5 nitrogen and oxygen atoms in total. The van der Waals surface area contributed by atoms with Crippen molar-refractivity contribution >= 4 is 16.8 Å². The number of benzene rings is 1. The number of likely N-dealkylation sites (tertiary alicyclic amines) is 1. The quantitative estimate of drug-likeness (QED) is 0.789. The Bertz CT molecular complexity index is 573. The van der Waals surface area contributed by atoms with Gasteiger partial charge in [-0.3, -0.25) is 4.21 Å². The summed E-state index contributed by atoms with van der Waals surface area (Å²) in [6, 6.07) is 10.3. The molecular weight excluding hydrogens is 322 g/mol. The van der Waals surface area contributed by atoms with Gasteiger partial charge in [-0.1, -0.05) is 18.2 Å². The zero-order chi connectivity index (χ0) is 16.9. The van der Waals surface area contributed by atoms with E-state index < -0.39 is 10.8 Å². The van der Waals surface area contributed by atoms with Crippen molar-refractivity contribution in [1.29, 1.82) is 0 Å². The lowest BCUT2D eigenvalue weighted by molar-refractivity contribution is 0.133. The highest BCUT2D eigenvalue weighted by atomic mass is 32.2. The molecule has 0 aromatic heterocycles. The molecule has 0 aliphatic carbocycles. The monoisotopic (exact) mass is 349 g/mol. The van der Waals surface area contributed by atoms with Crippen LogP contribution in [0, 0.1) is 0 Å². The second-order valence-electron chi connectivity index (χ2n) is 6.49. The molecule has 132 valence electrons. The first-order valence-electron chi connectivity index (χ1n) is 8.90. The summed E-state index contributed by atoms with van der Waals surface area (Å²) >= 11 is 0. The third-order valence-electron chi connectivity index (χ3n) is 5.11. The van der Waals surface area contributed by atoms with Gasteiger partial charge < -0.3 is 14.7 Å². The van der Waals surface area contributed by atoms with Crippen LogP contribution in [-0.2, 0) is 10.8 Å². The maximum absolute atomic E-state index is 12.3. The predicted octanol–water partition coefficient (Wildman–Crippen LogP) is 2.02. The Hall–Kier alpha value is -1.40. The van der Waals surface area contributed by atoms with Crippen molar-refractivity contribution in [1.82, 2.24) is 14.7 Å². The number of carbonyl (C=O) groups excluding carboxylic acids is 1. The first-order valence-corrected chi connectivity index (χ1v) is 10.2. The van der Waals surface area contributed by atoms with Crippen LogP contribution in [0.4, 0.5) is 4.79 Å². The maximum Gasteiger partial charge on any atom is 0.320 e. The van der Waals surface area contributed by atoms with E-state index >= 15 is 0 Å². The van der Waals surface area contributed by atoms with Crippen molar-refractivity contribution < 1.29 is 9.00 Å². The third kappa shape index (κ3) is 3.98. The first kappa shape index (κ1) is 17.4. The largest absolute Gasteiger partial charge is 0.323 e. The van der Waals surface area contributed by atoms with Gasteiger partial charge in [0.15, 0.2) is 0 Å². The molecule has 2 fully saturated rings. The normalized spacial score (nSPS) is 21.5. The van der Waals surface area contributed by atoms with E-state index in [1.165, 1.54) is 0 Å².